The summed E-state index contributed by atoms with van der Waals surface area (Å²) in [5.41, 5.74) is 0.364. The van der Waals surface area contributed by atoms with Crippen LogP contribution >= 0.6 is 0 Å². The van der Waals surface area contributed by atoms with Gasteiger partial charge in [-0.1, -0.05) is 48.5 Å². The van der Waals surface area contributed by atoms with E-state index in [1.54, 1.807) is 4.90 Å². The standard InChI is InChI=1S/C40H62N2O7/c1-23(2)30(49-33(44)41-15-8-16-41)25-17-24(3)29-31(47-25)32(43)37(7)27-10-9-26-35(4,5)28(48-34(45)42-19-38(20-42)21-46-22-38)11-12-39(26)18-40(27,39)14-13-36(29,37)6/h23-32,43H,8-22H2,1-7H3/t24-,25?,26+,27?,28?,29+,30-,31?,32+,36-,37-,39-,40+/m1/s1. The molecule has 4 saturated heterocycles. The highest BCUT2D eigenvalue weighted by Crippen LogP contribution is 2.89. The molecule has 9 fully saturated rings. The lowest BCUT2D eigenvalue weighted by molar-refractivity contribution is -0.194. The first-order valence-corrected chi connectivity index (χ1v) is 19.9. The van der Waals surface area contributed by atoms with Crippen LogP contribution in [0.3, 0.4) is 0 Å². The van der Waals surface area contributed by atoms with Crippen molar-refractivity contribution in [1.29, 1.82) is 0 Å². The lowest BCUT2D eigenvalue weighted by Crippen LogP contribution is -2.67. The number of likely N-dealkylation sites (tertiary alicyclic amines) is 2. The maximum absolute atomic E-state index is 13.3. The zero-order chi connectivity index (χ0) is 34.5. The van der Waals surface area contributed by atoms with E-state index in [4.69, 9.17) is 18.9 Å². The molecule has 9 heteroatoms. The van der Waals surface area contributed by atoms with E-state index in [0.717, 1.165) is 84.3 Å². The van der Waals surface area contributed by atoms with Crippen LogP contribution in [-0.4, -0.2) is 97.0 Å². The Labute approximate surface area is 293 Å². The third-order valence-corrected chi connectivity index (χ3v) is 17.5. The van der Waals surface area contributed by atoms with Gasteiger partial charge in [0.15, 0.2) is 0 Å². The number of hydrogen-bond donors (Lipinski definition) is 1. The number of ether oxygens (including phenoxy) is 4. The topological polar surface area (TPSA) is 97.8 Å². The van der Waals surface area contributed by atoms with Gasteiger partial charge in [-0.25, -0.2) is 9.59 Å². The second-order valence-electron chi connectivity index (χ2n) is 20.2. The van der Waals surface area contributed by atoms with E-state index < -0.39 is 6.10 Å². The number of rotatable bonds is 4. The molecule has 274 valence electrons. The fourth-order valence-corrected chi connectivity index (χ4v) is 14.7. The molecule has 9 nitrogen and oxygen atoms in total. The predicted molar refractivity (Wildman–Crippen MR) is 182 cm³/mol. The fraction of sp³-hybridized carbons (Fsp3) is 0.950. The Morgan fingerprint density at radius 3 is 2.22 bits per heavy atom. The van der Waals surface area contributed by atoms with Crippen LogP contribution in [-0.2, 0) is 18.9 Å². The Kier molecular flexibility index (Phi) is 7.14. The van der Waals surface area contributed by atoms with E-state index in [-0.39, 0.29) is 80.9 Å². The summed E-state index contributed by atoms with van der Waals surface area (Å²) in [6, 6.07) is 0. The van der Waals surface area contributed by atoms with Crippen molar-refractivity contribution in [2.24, 2.45) is 62.1 Å². The van der Waals surface area contributed by atoms with Crippen molar-refractivity contribution < 1.29 is 33.6 Å². The van der Waals surface area contributed by atoms with Crippen LogP contribution < -0.4 is 0 Å². The lowest BCUT2D eigenvalue weighted by Gasteiger charge is -2.63. The normalized spacial score (nSPS) is 50.3. The highest BCUT2D eigenvalue weighted by molar-refractivity contribution is 5.69. The van der Waals surface area contributed by atoms with E-state index in [1.165, 1.54) is 12.8 Å². The van der Waals surface area contributed by atoms with Crippen LogP contribution in [0.15, 0.2) is 0 Å². The number of carbonyl (C=O) groups is 2. The summed E-state index contributed by atoms with van der Waals surface area (Å²) in [7, 11) is 0. The molecule has 5 saturated carbocycles. The molecule has 13 atom stereocenters. The largest absolute Gasteiger partial charge is 0.446 e. The molecule has 0 aromatic carbocycles. The number of fused-ring (bicyclic) bond motifs is 4. The van der Waals surface area contributed by atoms with Gasteiger partial charge in [-0.05, 0) is 104 Å². The second-order valence-corrected chi connectivity index (χ2v) is 20.2. The van der Waals surface area contributed by atoms with Gasteiger partial charge in [-0.15, -0.1) is 0 Å². The molecule has 4 aliphatic heterocycles. The monoisotopic (exact) mass is 682 g/mol. The summed E-state index contributed by atoms with van der Waals surface area (Å²) in [6.45, 7) is 20.9. The summed E-state index contributed by atoms with van der Waals surface area (Å²) in [5.74, 6) is 1.76. The van der Waals surface area contributed by atoms with Crippen molar-refractivity contribution in [3.8, 4) is 0 Å². The van der Waals surface area contributed by atoms with Gasteiger partial charge in [-0.2, -0.15) is 0 Å². The van der Waals surface area contributed by atoms with Crippen molar-refractivity contribution in [3.63, 3.8) is 0 Å². The van der Waals surface area contributed by atoms with Gasteiger partial charge in [0.2, 0.25) is 0 Å². The van der Waals surface area contributed by atoms with Gasteiger partial charge in [0, 0.05) is 37.0 Å². The van der Waals surface area contributed by atoms with Gasteiger partial charge < -0.3 is 33.9 Å². The lowest BCUT2D eigenvalue weighted by atomic mass is 9.41. The number of hydrogen-bond acceptors (Lipinski definition) is 7. The highest BCUT2D eigenvalue weighted by Gasteiger charge is 2.85. The van der Waals surface area contributed by atoms with Gasteiger partial charge in [0.25, 0.3) is 0 Å². The van der Waals surface area contributed by atoms with Gasteiger partial charge >= 0.3 is 12.2 Å². The number of amides is 2. The van der Waals surface area contributed by atoms with Crippen LogP contribution in [0.1, 0.15) is 106 Å². The van der Waals surface area contributed by atoms with Gasteiger partial charge in [-0.3, -0.25) is 0 Å². The third-order valence-electron chi connectivity index (χ3n) is 17.5. The first-order valence-electron chi connectivity index (χ1n) is 19.9. The quantitative estimate of drug-likeness (QED) is 0.362. The summed E-state index contributed by atoms with van der Waals surface area (Å²) < 4.78 is 25.0. The third kappa shape index (κ3) is 4.16. The minimum atomic E-state index is -0.547. The molecule has 49 heavy (non-hydrogen) atoms. The maximum Gasteiger partial charge on any atom is 0.410 e. The minimum Gasteiger partial charge on any atom is -0.446 e. The number of nitrogens with zero attached hydrogens (tertiary/aromatic N) is 2. The van der Waals surface area contributed by atoms with Crippen LogP contribution in [0.5, 0.6) is 0 Å². The molecule has 3 spiro atoms. The maximum atomic E-state index is 13.3. The minimum absolute atomic E-state index is 0.0159. The molecule has 2 amide bonds. The first kappa shape index (κ1) is 33.3. The molecule has 1 N–H and O–H groups in total. The Hall–Kier alpha value is -1.58. The number of aliphatic hydroxyl groups is 1. The molecule has 9 rings (SSSR count). The smallest absolute Gasteiger partial charge is 0.410 e. The van der Waals surface area contributed by atoms with E-state index in [9.17, 15) is 14.7 Å². The van der Waals surface area contributed by atoms with E-state index in [2.05, 4.69) is 48.5 Å². The highest BCUT2D eigenvalue weighted by atomic mass is 16.6. The molecule has 9 aliphatic rings. The van der Waals surface area contributed by atoms with E-state index in [0.29, 0.717) is 17.8 Å². The molecule has 5 aliphatic carbocycles. The molecule has 4 heterocycles. The summed E-state index contributed by atoms with van der Waals surface area (Å²) in [5, 5.41) is 12.7. The summed E-state index contributed by atoms with van der Waals surface area (Å²) in [6.07, 6.45) is 8.09. The average molecular weight is 683 g/mol. The van der Waals surface area contributed by atoms with E-state index in [1.807, 2.05) is 4.90 Å². The van der Waals surface area contributed by atoms with Crippen LogP contribution in [0.2, 0.25) is 0 Å². The van der Waals surface area contributed by atoms with Crippen molar-refractivity contribution in [2.75, 3.05) is 39.4 Å². The van der Waals surface area contributed by atoms with Crippen molar-refractivity contribution in [1.82, 2.24) is 9.80 Å². The Morgan fingerprint density at radius 1 is 0.898 bits per heavy atom. The average Bonchev–Trinajstić information content (AvgIpc) is 3.59. The molecular formula is C40H62N2O7. The number of carbonyl (C=O) groups excluding carboxylic acids is 2. The molecule has 0 aromatic rings. The van der Waals surface area contributed by atoms with Crippen molar-refractivity contribution >= 4 is 12.2 Å². The van der Waals surface area contributed by atoms with Crippen molar-refractivity contribution in [3.05, 3.63) is 0 Å². The number of aliphatic hydroxyl groups excluding tert-OH is 1. The summed E-state index contributed by atoms with van der Waals surface area (Å²) >= 11 is 0. The molecule has 4 unspecified atom stereocenters. The van der Waals surface area contributed by atoms with E-state index >= 15 is 0 Å². The van der Waals surface area contributed by atoms with Crippen LogP contribution in [0.4, 0.5) is 9.59 Å². The fourth-order valence-electron chi connectivity index (χ4n) is 14.7. The molecule has 0 aromatic heterocycles. The molecule has 0 bridgehead atoms. The van der Waals surface area contributed by atoms with Gasteiger partial charge in [0.1, 0.15) is 12.2 Å². The second kappa shape index (κ2) is 10.5. The predicted octanol–water partition coefficient (Wildman–Crippen LogP) is 6.50. The van der Waals surface area contributed by atoms with Crippen molar-refractivity contribution in [2.45, 2.75) is 137 Å². The Morgan fingerprint density at radius 2 is 1.59 bits per heavy atom. The summed E-state index contributed by atoms with van der Waals surface area (Å²) in [4.78, 5) is 29.9. The first-order chi connectivity index (χ1) is 23.1. The Bertz CT molecular complexity index is 1390. The van der Waals surface area contributed by atoms with Crippen LogP contribution in [0, 0.1) is 62.1 Å². The zero-order valence-corrected chi connectivity index (χ0v) is 31.2. The van der Waals surface area contributed by atoms with Crippen LogP contribution in [0.25, 0.3) is 0 Å². The van der Waals surface area contributed by atoms with Gasteiger partial charge in [0.05, 0.1) is 36.9 Å². The molecule has 0 radical (unpaired) electrons. The molecular weight excluding hydrogens is 620 g/mol. The Balaban J connectivity index is 0.938. The zero-order valence-electron chi connectivity index (χ0n) is 31.2. The SMILES string of the molecule is CC(C)[C@@H](OC(=O)N1CCC1)C1C[C@@H](C)[C@H]2C(O1)[C@H](O)[C@@]1(C)C3CC[C@H]4C(C)(C)C(OC(=O)N5CC6(COC6)C5)CC[C@@]45C[C@@]35CC[C@]21C.